The van der Waals surface area contributed by atoms with Crippen molar-refractivity contribution < 1.29 is 14.7 Å². The Bertz CT molecular complexity index is 289. The topological polar surface area (TPSA) is 76.1 Å². The van der Waals surface area contributed by atoms with Crippen molar-refractivity contribution in [1.29, 1.82) is 0 Å². The van der Waals surface area contributed by atoms with Crippen LogP contribution in [0.15, 0.2) is 0 Å². The molecule has 1 fully saturated rings. The molecule has 2 N–H and O–H groups in total. The van der Waals surface area contributed by atoms with Crippen molar-refractivity contribution in [2.75, 3.05) is 40.3 Å². The van der Waals surface area contributed by atoms with E-state index in [-0.39, 0.29) is 6.03 Å². The highest BCUT2D eigenvalue weighted by Crippen LogP contribution is 1.99. The zero-order chi connectivity index (χ0) is 13.0. The molecule has 1 rings (SSSR count). The zero-order valence-corrected chi connectivity index (χ0v) is 10.5. The van der Waals surface area contributed by atoms with Gasteiger partial charge in [0, 0.05) is 33.2 Å². The van der Waals surface area contributed by atoms with Crippen molar-refractivity contribution in [1.82, 2.24) is 20.2 Å². The number of carbonyl (C=O) groups excluding carboxylic acids is 1. The number of piperazine rings is 1. The Morgan fingerprint density at radius 1 is 1.29 bits per heavy atom. The number of nitrogens with one attached hydrogen (secondary N) is 1. The van der Waals surface area contributed by atoms with Crippen LogP contribution in [0.5, 0.6) is 0 Å². The van der Waals surface area contributed by atoms with Crippen LogP contribution >= 0.6 is 0 Å². The fourth-order valence-corrected chi connectivity index (χ4v) is 1.47. The van der Waals surface area contributed by atoms with E-state index in [1.807, 2.05) is 12.1 Å². The first-order valence-corrected chi connectivity index (χ1v) is 5.61. The summed E-state index contributed by atoms with van der Waals surface area (Å²) in [7, 11) is 3.50. The smallest absolute Gasteiger partial charge is 0.332 e. The minimum absolute atomic E-state index is 0.385. The van der Waals surface area contributed by atoms with Gasteiger partial charge in [-0.1, -0.05) is 0 Å². The number of carboxylic acid groups (broad SMARTS) is 1. The second-order valence-corrected chi connectivity index (χ2v) is 4.33. The van der Waals surface area contributed by atoms with E-state index >= 15 is 0 Å². The second kappa shape index (κ2) is 5.83. The van der Waals surface area contributed by atoms with Crippen LogP contribution in [0.3, 0.4) is 0 Å². The summed E-state index contributed by atoms with van der Waals surface area (Å²) in [6, 6.07) is -1.22. The number of rotatable bonds is 3. The summed E-state index contributed by atoms with van der Waals surface area (Å²) in [6.07, 6.45) is 0. The van der Waals surface area contributed by atoms with Gasteiger partial charge in [-0.3, -0.25) is 5.43 Å². The average Bonchev–Trinajstić information content (AvgIpc) is 2.30. The summed E-state index contributed by atoms with van der Waals surface area (Å²) in [5.41, 5.74) is 2.71. The predicted octanol–water partition coefficient (Wildman–Crippen LogP) is -0.737. The Hall–Kier alpha value is -1.34. The van der Waals surface area contributed by atoms with E-state index in [9.17, 15) is 9.59 Å². The SMILES string of the molecule is CC(C(=O)O)N(C)C(=O)NN1CCN(C)CC1. The van der Waals surface area contributed by atoms with Crippen molar-refractivity contribution in [2.45, 2.75) is 13.0 Å². The summed E-state index contributed by atoms with van der Waals surface area (Å²) in [4.78, 5) is 25.8. The van der Waals surface area contributed by atoms with Gasteiger partial charge < -0.3 is 14.9 Å². The molecule has 1 atom stereocenters. The van der Waals surface area contributed by atoms with Crippen molar-refractivity contribution in [3.8, 4) is 0 Å². The number of urea groups is 1. The van der Waals surface area contributed by atoms with E-state index in [0.29, 0.717) is 0 Å². The molecule has 2 amide bonds. The number of likely N-dealkylation sites (N-methyl/N-ethyl adjacent to an activating group) is 2. The molecule has 1 saturated heterocycles. The third-order valence-electron chi connectivity index (χ3n) is 3.02. The molecule has 1 heterocycles. The minimum atomic E-state index is -1.01. The molecule has 98 valence electrons. The summed E-state index contributed by atoms with van der Waals surface area (Å²) in [6.45, 7) is 4.75. The van der Waals surface area contributed by atoms with Crippen LogP contribution in [0, 0.1) is 0 Å². The van der Waals surface area contributed by atoms with Gasteiger partial charge in [0.15, 0.2) is 0 Å². The van der Waals surface area contributed by atoms with E-state index in [1.165, 1.54) is 18.9 Å². The number of hydrazine groups is 1. The van der Waals surface area contributed by atoms with Gasteiger partial charge in [0.2, 0.25) is 0 Å². The molecule has 0 aromatic heterocycles. The largest absolute Gasteiger partial charge is 0.480 e. The number of hydrogen-bond acceptors (Lipinski definition) is 4. The number of amides is 2. The maximum atomic E-state index is 11.7. The van der Waals surface area contributed by atoms with Gasteiger partial charge in [0.05, 0.1) is 0 Å². The van der Waals surface area contributed by atoms with E-state index in [2.05, 4.69) is 10.3 Å². The first-order chi connectivity index (χ1) is 7.91. The highest BCUT2D eigenvalue weighted by molar-refractivity contribution is 5.81. The molecule has 0 aromatic carbocycles. The lowest BCUT2D eigenvalue weighted by molar-refractivity contribution is -0.141. The average molecular weight is 244 g/mol. The molecule has 17 heavy (non-hydrogen) atoms. The zero-order valence-electron chi connectivity index (χ0n) is 10.5. The number of aliphatic carboxylic acids is 1. The molecule has 7 heteroatoms. The first-order valence-electron chi connectivity index (χ1n) is 5.61. The van der Waals surface area contributed by atoms with E-state index < -0.39 is 12.0 Å². The molecule has 0 aromatic rings. The molecule has 0 bridgehead atoms. The molecular formula is C10H20N4O3. The maximum absolute atomic E-state index is 11.7. The van der Waals surface area contributed by atoms with Crippen LogP contribution in [0.4, 0.5) is 4.79 Å². The standard InChI is InChI=1S/C10H20N4O3/c1-8(9(15)16)13(3)10(17)11-14-6-4-12(2)5-7-14/h8H,4-7H2,1-3H3,(H,11,17)(H,15,16). The van der Waals surface area contributed by atoms with E-state index in [1.54, 1.807) is 0 Å². The summed E-state index contributed by atoms with van der Waals surface area (Å²) in [5.74, 6) is -1.01. The molecular weight excluding hydrogens is 224 g/mol. The number of carboxylic acids is 1. The molecule has 0 aliphatic carbocycles. The van der Waals surface area contributed by atoms with Crippen molar-refractivity contribution in [2.24, 2.45) is 0 Å². The van der Waals surface area contributed by atoms with Gasteiger partial charge in [-0.2, -0.15) is 0 Å². The molecule has 0 radical (unpaired) electrons. The quantitative estimate of drug-likeness (QED) is 0.684. The van der Waals surface area contributed by atoms with E-state index in [4.69, 9.17) is 5.11 Å². The minimum Gasteiger partial charge on any atom is -0.480 e. The van der Waals surface area contributed by atoms with E-state index in [0.717, 1.165) is 26.2 Å². The highest BCUT2D eigenvalue weighted by Gasteiger charge is 2.23. The molecule has 1 unspecified atom stereocenters. The number of nitrogens with zero attached hydrogens (tertiary/aromatic N) is 3. The Balaban J connectivity index is 2.41. The van der Waals surface area contributed by atoms with Crippen LogP contribution in [0.1, 0.15) is 6.92 Å². The lowest BCUT2D eigenvalue weighted by Gasteiger charge is -2.34. The molecule has 1 aliphatic heterocycles. The van der Waals surface area contributed by atoms with Crippen LogP contribution in [-0.4, -0.2) is 78.2 Å². The molecule has 7 nitrogen and oxygen atoms in total. The summed E-state index contributed by atoms with van der Waals surface area (Å²) >= 11 is 0. The van der Waals surface area contributed by atoms with Crippen molar-refractivity contribution in [3.63, 3.8) is 0 Å². The summed E-state index contributed by atoms with van der Waals surface area (Å²) < 4.78 is 0. The third kappa shape index (κ3) is 3.86. The van der Waals surface area contributed by atoms with Gasteiger partial charge in [-0.25, -0.2) is 14.6 Å². The number of hydrogen-bond donors (Lipinski definition) is 2. The van der Waals surface area contributed by atoms with Crippen molar-refractivity contribution >= 4 is 12.0 Å². The maximum Gasteiger partial charge on any atom is 0.332 e. The fraction of sp³-hybridized carbons (Fsp3) is 0.800. The third-order valence-corrected chi connectivity index (χ3v) is 3.02. The normalized spacial score (nSPS) is 19.7. The Kier molecular flexibility index (Phi) is 4.71. The Labute approximate surface area is 101 Å². The van der Waals surface area contributed by atoms with Crippen LogP contribution in [0.2, 0.25) is 0 Å². The number of carbonyl (C=O) groups is 2. The monoisotopic (exact) mass is 244 g/mol. The fourth-order valence-electron chi connectivity index (χ4n) is 1.47. The lowest BCUT2D eigenvalue weighted by Crippen LogP contribution is -2.56. The van der Waals surface area contributed by atoms with Gasteiger partial charge in [-0.05, 0) is 14.0 Å². The van der Waals surface area contributed by atoms with Gasteiger partial charge in [-0.15, -0.1) is 0 Å². The highest BCUT2D eigenvalue weighted by atomic mass is 16.4. The van der Waals surface area contributed by atoms with Crippen LogP contribution < -0.4 is 5.43 Å². The second-order valence-electron chi connectivity index (χ2n) is 4.33. The van der Waals surface area contributed by atoms with Gasteiger partial charge in [0.1, 0.15) is 6.04 Å². The Morgan fingerprint density at radius 2 is 1.82 bits per heavy atom. The first kappa shape index (κ1) is 13.7. The molecule has 1 aliphatic rings. The van der Waals surface area contributed by atoms with Gasteiger partial charge in [0.25, 0.3) is 0 Å². The molecule has 0 spiro atoms. The predicted molar refractivity (Wildman–Crippen MR) is 62.5 cm³/mol. The summed E-state index contributed by atoms with van der Waals surface area (Å²) in [5, 5.41) is 10.6. The molecule has 0 saturated carbocycles. The van der Waals surface area contributed by atoms with Crippen molar-refractivity contribution in [3.05, 3.63) is 0 Å². The van der Waals surface area contributed by atoms with Gasteiger partial charge >= 0.3 is 12.0 Å². The van der Waals surface area contributed by atoms with Crippen LogP contribution in [0.25, 0.3) is 0 Å². The lowest BCUT2D eigenvalue weighted by atomic mass is 10.3. The van der Waals surface area contributed by atoms with Crippen LogP contribution in [-0.2, 0) is 4.79 Å². The Morgan fingerprint density at radius 3 is 2.29 bits per heavy atom.